The van der Waals surface area contributed by atoms with Crippen LogP contribution < -0.4 is 25.5 Å². The molecule has 2 nitrogen and oxygen atoms in total. The van der Waals surface area contributed by atoms with Crippen molar-refractivity contribution in [3.8, 4) is 11.1 Å². The lowest BCUT2D eigenvalue weighted by Gasteiger charge is -2.45. The van der Waals surface area contributed by atoms with Crippen molar-refractivity contribution in [2.75, 3.05) is 9.80 Å². The normalized spacial score (nSPS) is 18.7. The number of benzene rings is 6. The molecular weight excluding hydrogens is 960 g/mol. The van der Waals surface area contributed by atoms with Gasteiger partial charge in [0, 0.05) is 43.2 Å². The number of anilines is 6. The number of rotatable bonds is 5. The highest BCUT2D eigenvalue weighted by atomic mass is 32.1. The summed E-state index contributed by atoms with van der Waals surface area (Å²) in [5.41, 5.74) is 25.3. The van der Waals surface area contributed by atoms with E-state index in [2.05, 4.69) is 235 Å². The third-order valence-corrected chi connectivity index (χ3v) is 21.1. The van der Waals surface area contributed by atoms with Crippen molar-refractivity contribution in [3.63, 3.8) is 0 Å². The van der Waals surface area contributed by atoms with Gasteiger partial charge in [-0.05, 0) is 198 Å². The van der Waals surface area contributed by atoms with Crippen LogP contribution in [0.3, 0.4) is 0 Å². The zero-order valence-electron chi connectivity index (χ0n) is 50.8. The molecule has 3 heterocycles. The van der Waals surface area contributed by atoms with Crippen LogP contribution in [0.5, 0.6) is 0 Å². The minimum absolute atomic E-state index is 0.0235. The molecule has 7 aromatic rings. The molecule has 406 valence electrons. The second kappa shape index (κ2) is 18.8. The third-order valence-electron chi connectivity index (χ3n) is 19.9. The Morgan fingerprint density at radius 1 is 0.462 bits per heavy atom. The summed E-state index contributed by atoms with van der Waals surface area (Å²) in [6, 6.07) is 43.6. The highest BCUT2D eigenvalue weighted by Crippen LogP contribution is 2.55. The largest absolute Gasteiger partial charge is 0.311 e. The minimum atomic E-state index is -0.0391. The van der Waals surface area contributed by atoms with Crippen molar-refractivity contribution in [1.82, 2.24) is 0 Å². The highest BCUT2D eigenvalue weighted by molar-refractivity contribution is 7.33. The fourth-order valence-corrected chi connectivity index (χ4v) is 16.0. The van der Waals surface area contributed by atoms with E-state index >= 15 is 0 Å². The van der Waals surface area contributed by atoms with E-state index < -0.39 is 0 Å². The molecule has 0 spiro atoms. The van der Waals surface area contributed by atoms with Crippen LogP contribution in [-0.4, -0.2) is 6.71 Å². The van der Waals surface area contributed by atoms with Crippen LogP contribution in [0.1, 0.15) is 244 Å². The van der Waals surface area contributed by atoms with Crippen LogP contribution in [0.25, 0.3) is 21.2 Å². The molecule has 5 aliphatic rings. The second-order valence-corrected chi connectivity index (χ2v) is 31.7. The van der Waals surface area contributed by atoms with Gasteiger partial charge in [-0.15, -0.1) is 11.3 Å². The fourth-order valence-electron chi connectivity index (χ4n) is 14.6. The van der Waals surface area contributed by atoms with Gasteiger partial charge >= 0.3 is 0 Å². The molecule has 0 N–H and O–H groups in total. The maximum Gasteiger partial charge on any atom is 0.264 e. The average Bonchev–Trinajstić information content (AvgIpc) is 2.69. The summed E-state index contributed by atoms with van der Waals surface area (Å²) >= 11 is 2.10. The first-order valence-corrected chi connectivity index (χ1v) is 31.4. The Kier molecular flexibility index (Phi) is 12.9. The van der Waals surface area contributed by atoms with Gasteiger partial charge in [0.2, 0.25) is 0 Å². The van der Waals surface area contributed by atoms with E-state index in [1.165, 1.54) is 181 Å². The molecule has 0 atom stereocenters. The van der Waals surface area contributed by atoms with Gasteiger partial charge in [-0.2, -0.15) is 0 Å². The second-order valence-electron chi connectivity index (χ2n) is 30.6. The Morgan fingerprint density at radius 2 is 0.962 bits per heavy atom. The predicted octanol–water partition coefficient (Wildman–Crippen LogP) is 20.3. The Balaban J connectivity index is 1.21. The van der Waals surface area contributed by atoms with Crippen molar-refractivity contribution >= 4 is 78.0 Å². The lowest BCUT2D eigenvalue weighted by atomic mass is 9.36. The number of hydrogen-bond donors (Lipinski definition) is 0. The lowest BCUT2D eigenvalue weighted by molar-refractivity contribution is 0.332. The first-order valence-electron chi connectivity index (χ1n) is 30.6. The van der Waals surface area contributed by atoms with Gasteiger partial charge in [-0.1, -0.05) is 198 Å². The van der Waals surface area contributed by atoms with Crippen LogP contribution in [0.15, 0.2) is 103 Å². The molecule has 2 aliphatic heterocycles. The fraction of sp³-hybridized carbons (Fsp3) is 0.486. The molecule has 2 saturated carbocycles. The summed E-state index contributed by atoms with van der Waals surface area (Å²) in [5, 5.41) is 1.43. The van der Waals surface area contributed by atoms with E-state index in [-0.39, 0.29) is 39.2 Å². The van der Waals surface area contributed by atoms with E-state index in [9.17, 15) is 0 Å². The zero-order valence-corrected chi connectivity index (χ0v) is 51.7. The Hall–Kier alpha value is -5.06. The molecule has 6 aromatic carbocycles. The summed E-state index contributed by atoms with van der Waals surface area (Å²) in [6.45, 7) is 38.8. The van der Waals surface area contributed by atoms with Crippen LogP contribution >= 0.6 is 11.3 Å². The van der Waals surface area contributed by atoms with Crippen LogP contribution in [-0.2, 0) is 32.5 Å². The van der Waals surface area contributed by atoms with Crippen LogP contribution in [0.2, 0.25) is 0 Å². The van der Waals surface area contributed by atoms with Gasteiger partial charge < -0.3 is 9.80 Å². The summed E-state index contributed by atoms with van der Waals surface area (Å²) < 4.78 is 2.92. The molecule has 78 heavy (non-hydrogen) atoms. The molecule has 3 aliphatic carbocycles. The van der Waals surface area contributed by atoms with Crippen molar-refractivity contribution in [3.05, 3.63) is 148 Å². The molecule has 12 rings (SSSR count). The quantitative estimate of drug-likeness (QED) is 0.159. The zero-order chi connectivity index (χ0) is 55.2. The van der Waals surface area contributed by atoms with Gasteiger partial charge in [0.15, 0.2) is 0 Å². The van der Waals surface area contributed by atoms with E-state index in [4.69, 9.17) is 0 Å². The van der Waals surface area contributed by atoms with Gasteiger partial charge in [0.1, 0.15) is 0 Å². The molecule has 0 bridgehead atoms. The lowest BCUT2D eigenvalue weighted by Crippen LogP contribution is -2.60. The Bertz CT molecular complexity index is 3440. The summed E-state index contributed by atoms with van der Waals surface area (Å²) in [7, 11) is 0. The average molecular weight is 1050 g/mol. The van der Waals surface area contributed by atoms with Gasteiger partial charge in [0.05, 0.1) is 11.4 Å². The predicted molar refractivity (Wildman–Crippen MR) is 343 cm³/mol. The van der Waals surface area contributed by atoms with E-state index in [0.29, 0.717) is 11.8 Å². The van der Waals surface area contributed by atoms with Crippen molar-refractivity contribution in [2.45, 2.75) is 232 Å². The molecular formula is C74H91BN2S. The van der Waals surface area contributed by atoms with Crippen LogP contribution in [0, 0.1) is 0 Å². The third kappa shape index (κ3) is 9.23. The van der Waals surface area contributed by atoms with Crippen molar-refractivity contribution in [1.29, 1.82) is 0 Å². The van der Waals surface area contributed by atoms with E-state index in [1.807, 2.05) is 0 Å². The molecule has 0 amide bonds. The van der Waals surface area contributed by atoms with Crippen molar-refractivity contribution in [2.24, 2.45) is 0 Å². The summed E-state index contributed by atoms with van der Waals surface area (Å²) in [4.78, 5) is 5.58. The van der Waals surface area contributed by atoms with Crippen LogP contribution in [0.4, 0.5) is 34.1 Å². The van der Waals surface area contributed by atoms with Gasteiger partial charge in [-0.25, -0.2) is 0 Å². The first-order chi connectivity index (χ1) is 36.7. The maximum absolute atomic E-state index is 2.80. The first kappa shape index (κ1) is 53.6. The maximum atomic E-state index is 2.80. The SMILES string of the molecule is CC(C)(C)c1cc(-c2cc(C(C)(C)C)ccc2N2c3ccc(C(C)(C)C)cc3B3c4sc5cc6c(cc5c4N(c4ccc(C5CCCCC5)cc4)c4cc(C5CCCCC5)cc2c43)C(C)(C)CCC6(C)C)cc(C(C)(C)C)c1. The molecule has 4 heteroatoms. The smallest absolute Gasteiger partial charge is 0.264 e. The number of thiophene rings is 1. The number of hydrogen-bond acceptors (Lipinski definition) is 3. The monoisotopic (exact) mass is 1050 g/mol. The van der Waals surface area contributed by atoms with E-state index in [0.717, 1.165) is 0 Å². The molecule has 2 fully saturated rings. The summed E-state index contributed by atoms with van der Waals surface area (Å²) in [5.74, 6) is 1.16. The number of fused-ring (bicyclic) bond motifs is 7. The van der Waals surface area contributed by atoms with Crippen molar-refractivity contribution < 1.29 is 0 Å². The molecule has 0 radical (unpaired) electrons. The summed E-state index contributed by atoms with van der Waals surface area (Å²) in [6.07, 6.45) is 15.5. The Labute approximate surface area is 475 Å². The van der Waals surface area contributed by atoms with Gasteiger partial charge in [0.25, 0.3) is 6.71 Å². The topological polar surface area (TPSA) is 6.48 Å². The molecule has 0 saturated heterocycles. The highest BCUT2D eigenvalue weighted by Gasteiger charge is 2.48. The number of nitrogens with zero attached hydrogens (tertiary/aromatic N) is 2. The van der Waals surface area contributed by atoms with Gasteiger partial charge in [-0.3, -0.25) is 0 Å². The molecule has 1 aromatic heterocycles. The minimum Gasteiger partial charge on any atom is -0.311 e. The van der Waals surface area contributed by atoms with E-state index in [1.54, 1.807) is 11.1 Å². The Morgan fingerprint density at radius 3 is 1.51 bits per heavy atom. The standard InChI is InChI=1S/C74H91BN2S/c1-69(2,3)51-29-33-61(56(42-51)50-37-53(71(7,8)9)41-54(38-50)72(10,11)12)77-62-34-30-52(70(4,5)6)43-60(62)75-66-63(39-49(40-64(66)77)47-25-21-18-22-26-47)76(55-31-27-48(28-32-55)46-23-19-17-20-24-46)67-57-44-58-59(45-65(57)78-68(67)75)74(15,16)36-35-73(58,13)14/h27-34,37-47H,17-26,35-36H2,1-16H3. The molecule has 0 unspecified atom stereocenters.